The van der Waals surface area contributed by atoms with Crippen LogP contribution in [0.15, 0.2) is 11.6 Å². The molecular weight excluding hydrogens is 152 g/mol. The SMILES string of the molecule is C/C=C(/CC(=O)O)CC1CCC1. The molecule has 2 heteroatoms. The lowest BCUT2D eigenvalue weighted by molar-refractivity contribution is -0.136. The van der Waals surface area contributed by atoms with Crippen molar-refractivity contribution >= 4 is 5.97 Å². The quantitative estimate of drug-likeness (QED) is 0.655. The van der Waals surface area contributed by atoms with Gasteiger partial charge in [-0.3, -0.25) is 4.79 Å². The van der Waals surface area contributed by atoms with E-state index in [1.54, 1.807) is 0 Å². The lowest BCUT2D eigenvalue weighted by Gasteiger charge is -2.25. The molecule has 0 heterocycles. The Bertz CT molecular complexity index is 190. The standard InChI is InChI=1S/C10H16O2/c1-2-8(7-10(11)12)6-9-4-3-5-9/h2,9H,3-7H2,1H3,(H,11,12)/b8-2+. The third kappa shape index (κ3) is 2.68. The zero-order valence-corrected chi connectivity index (χ0v) is 7.55. The first-order valence-electron chi connectivity index (χ1n) is 4.58. The van der Waals surface area contributed by atoms with E-state index in [9.17, 15) is 4.79 Å². The van der Waals surface area contributed by atoms with Crippen LogP contribution in [0.2, 0.25) is 0 Å². The van der Waals surface area contributed by atoms with E-state index in [0.29, 0.717) is 0 Å². The molecule has 12 heavy (non-hydrogen) atoms. The molecule has 1 fully saturated rings. The average Bonchev–Trinajstić information content (AvgIpc) is 1.93. The van der Waals surface area contributed by atoms with Gasteiger partial charge < -0.3 is 5.11 Å². The summed E-state index contributed by atoms with van der Waals surface area (Å²) in [6, 6.07) is 0. The number of carbonyl (C=O) groups is 1. The number of carboxylic acids is 1. The molecule has 0 saturated heterocycles. The third-order valence-electron chi connectivity index (χ3n) is 2.56. The highest BCUT2D eigenvalue weighted by molar-refractivity contribution is 5.69. The molecule has 1 aliphatic rings. The number of hydrogen-bond donors (Lipinski definition) is 1. The lowest BCUT2D eigenvalue weighted by Crippen LogP contribution is -2.12. The first kappa shape index (κ1) is 9.30. The lowest BCUT2D eigenvalue weighted by atomic mass is 9.80. The molecule has 0 aromatic rings. The van der Waals surface area contributed by atoms with Gasteiger partial charge in [-0.25, -0.2) is 0 Å². The van der Waals surface area contributed by atoms with E-state index in [0.717, 1.165) is 17.9 Å². The highest BCUT2D eigenvalue weighted by atomic mass is 16.4. The molecular formula is C10H16O2. The van der Waals surface area contributed by atoms with Crippen LogP contribution >= 0.6 is 0 Å². The molecule has 68 valence electrons. The van der Waals surface area contributed by atoms with E-state index in [2.05, 4.69) is 0 Å². The summed E-state index contributed by atoms with van der Waals surface area (Å²) in [4.78, 5) is 10.4. The van der Waals surface area contributed by atoms with Crippen molar-refractivity contribution in [3.05, 3.63) is 11.6 Å². The molecule has 0 radical (unpaired) electrons. The van der Waals surface area contributed by atoms with E-state index >= 15 is 0 Å². The minimum atomic E-state index is -0.706. The predicted molar refractivity (Wildman–Crippen MR) is 48.0 cm³/mol. The Hall–Kier alpha value is -0.790. The van der Waals surface area contributed by atoms with E-state index in [4.69, 9.17) is 5.11 Å². The predicted octanol–water partition coefficient (Wildman–Crippen LogP) is 2.60. The van der Waals surface area contributed by atoms with Crippen LogP contribution in [0.1, 0.15) is 39.0 Å². The van der Waals surface area contributed by atoms with Gasteiger partial charge in [0, 0.05) is 0 Å². The van der Waals surface area contributed by atoms with E-state index < -0.39 is 5.97 Å². The summed E-state index contributed by atoms with van der Waals surface area (Å²) in [6.45, 7) is 1.93. The van der Waals surface area contributed by atoms with Crippen LogP contribution in [0.4, 0.5) is 0 Å². The van der Waals surface area contributed by atoms with Gasteiger partial charge >= 0.3 is 5.97 Å². The second-order valence-corrected chi connectivity index (χ2v) is 3.52. The van der Waals surface area contributed by atoms with Crippen molar-refractivity contribution in [3.63, 3.8) is 0 Å². The van der Waals surface area contributed by atoms with E-state index in [1.807, 2.05) is 13.0 Å². The highest BCUT2D eigenvalue weighted by Crippen LogP contribution is 2.32. The summed E-state index contributed by atoms with van der Waals surface area (Å²) in [5.41, 5.74) is 1.09. The largest absolute Gasteiger partial charge is 0.481 e. The second kappa shape index (κ2) is 4.29. The van der Waals surface area contributed by atoms with Gasteiger partial charge in [-0.1, -0.05) is 30.9 Å². The Kier molecular flexibility index (Phi) is 3.32. The molecule has 0 spiro atoms. The molecule has 0 aliphatic heterocycles. The fraction of sp³-hybridized carbons (Fsp3) is 0.700. The molecule has 0 unspecified atom stereocenters. The summed E-state index contributed by atoms with van der Waals surface area (Å²) in [5.74, 6) is 0.0676. The van der Waals surface area contributed by atoms with Gasteiger partial charge in [-0.05, 0) is 19.3 Å². The van der Waals surface area contributed by atoms with Crippen molar-refractivity contribution in [1.29, 1.82) is 0 Å². The Morgan fingerprint density at radius 1 is 1.58 bits per heavy atom. The molecule has 0 aromatic heterocycles. The second-order valence-electron chi connectivity index (χ2n) is 3.52. The number of allylic oxidation sites excluding steroid dienone is 1. The van der Waals surface area contributed by atoms with Crippen LogP contribution in [-0.2, 0) is 4.79 Å². The molecule has 0 aromatic carbocycles. The van der Waals surface area contributed by atoms with Gasteiger partial charge in [0.1, 0.15) is 0 Å². The van der Waals surface area contributed by atoms with Gasteiger partial charge in [-0.15, -0.1) is 0 Å². The van der Waals surface area contributed by atoms with E-state index in [1.165, 1.54) is 19.3 Å². The van der Waals surface area contributed by atoms with Crippen molar-refractivity contribution in [2.45, 2.75) is 39.0 Å². The Morgan fingerprint density at radius 2 is 2.25 bits per heavy atom. The van der Waals surface area contributed by atoms with Crippen molar-refractivity contribution in [3.8, 4) is 0 Å². The Balaban J connectivity index is 2.30. The van der Waals surface area contributed by atoms with Gasteiger partial charge in [0.25, 0.3) is 0 Å². The molecule has 0 amide bonds. The molecule has 1 saturated carbocycles. The van der Waals surface area contributed by atoms with Gasteiger partial charge in [0.2, 0.25) is 0 Å². The van der Waals surface area contributed by atoms with Crippen LogP contribution in [0, 0.1) is 5.92 Å². The van der Waals surface area contributed by atoms with Crippen LogP contribution in [0.5, 0.6) is 0 Å². The molecule has 1 rings (SSSR count). The molecule has 2 nitrogen and oxygen atoms in total. The maximum atomic E-state index is 10.4. The van der Waals surface area contributed by atoms with Crippen LogP contribution < -0.4 is 0 Å². The topological polar surface area (TPSA) is 37.3 Å². The fourth-order valence-corrected chi connectivity index (χ4v) is 1.55. The van der Waals surface area contributed by atoms with Crippen LogP contribution in [0.3, 0.4) is 0 Å². The van der Waals surface area contributed by atoms with Gasteiger partial charge in [0.05, 0.1) is 6.42 Å². The maximum Gasteiger partial charge on any atom is 0.307 e. The zero-order valence-electron chi connectivity index (χ0n) is 7.55. The molecule has 1 N–H and O–H groups in total. The average molecular weight is 168 g/mol. The normalized spacial score (nSPS) is 18.9. The smallest absolute Gasteiger partial charge is 0.307 e. The summed E-state index contributed by atoms with van der Waals surface area (Å²) in [7, 11) is 0. The summed E-state index contributed by atoms with van der Waals surface area (Å²) < 4.78 is 0. The zero-order chi connectivity index (χ0) is 8.97. The minimum Gasteiger partial charge on any atom is -0.481 e. The fourth-order valence-electron chi connectivity index (χ4n) is 1.55. The minimum absolute atomic E-state index is 0.229. The van der Waals surface area contributed by atoms with Gasteiger partial charge in [0.15, 0.2) is 0 Å². The van der Waals surface area contributed by atoms with Crippen molar-refractivity contribution < 1.29 is 9.90 Å². The highest BCUT2D eigenvalue weighted by Gasteiger charge is 2.19. The molecule has 0 atom stereocenters. The van der Waals surface area contributed by atoms with Crippen molar-refractivity contribution in [1.82, 2.24) is 0 Å². The summed E-state index contributed by atoms with van der Waals surface area (Å²) in [5, 5.41) is 8.58. The molecule has 1 aliphatic carbocycles. The van der Waals surface area contributed by atoms with Crippen molar-refractivity contribution in [2.75, 3.05) is 0 Å². The first-order valence-corrected chi connectivity index (χ1v) is 4.58. The summed E-state index contributed by atoms with van der Waals surface area (Å²) in [6.07, 6.45) is 7.09. The number of rotatable bonds is 4. The number of hydrogen-bond acceptors (Lipinski definition) is 1. The van der Waals surface area contributed by atoms with Crippen LogP contribution in [-0.4, -0.2) is 11.1 Å². The first-order chi connectivity index (χ1) is 5.72. The Morgan fingerprint density at radius 3 is 2.58 bits per heavy atom. The molecule has 0 bridgehead atoms. The third-order valence-corrected chi connectivity index (χ3v) is 2.56. The monoisotopic (exact) mass is 168 g/mol. The van der Waals surface area contributed by atoms with Crippen LogP contribution in [0.25, 0.3) is 0 Å². The van der Waals surface area contributed by atoms with Gasteiger partial charge in [-0.2, -0.15) is 0 Å². The summed E-state index contributed by atoms with van der Waals surface area (Å²) >= 11 is 0. The number of aliphatic carboxylic acids is 1. The number of carboxylic acid groups (broad SMARTS) is 1. The van der Waals surface area contributed by atoms with E-state index in [-0.39, 0.29) is 6.42 Å². The van der Waals surface area contributed by atoms with Crippen molar-refractivity contribution in [2.24, 2.45) is 5.92 Å². The maximum absolute atomic E-state index is 10.4. The Labute approximate surface area is 73.3 Å².